The van der Waals surface area contributed by atoms with E-state index in [0.717, 1.165) is 6.42 Å². The Morgan fingerprint density at radius 3 is 2.68 bits per heavy atom. The van der Waals surface area contributed by atoms with Gasteiger partial charge in [-0.3, -0.25) is 0 Å². The molecule has 2 heterocycles. The van der Waals surface area contributed by atoms with Gasteiger partial charge in [-0.05, 0) is 78.6 Å². The van der Waals surface area contributed by atoms with Crippen LogP contribution in [0.25, 0.3) is 10.9 Å². The van der Waals surface area contributed by atoms with Crippen LogP contribution in [0.5, 0.6) is 0 Å². The number of fused-ring (bicyclic) bond motifs is 1. The summed E-state index contributed by atoms with van der Waals surface area (Å²) in [6.07, 6.45) is 5.96. The lowest BCUT2D eigenvalue weighted by Gasteiger charge is -2.33. The maximum absolute atomic E-state index is 2.63. The Balaban J connectivity index is 1.36. The van der Waals surface area contributed by atoms with Gasteiger partial charge in [0.25, 0.3) is 0 Å². The van der Waals surface area contributed by atoms with Crippen molar-refractivity contribution >= 4 is 33.5 Å². The van der Waals surface area contributed by atoms with Crippen LogP contribution in [0.15, 0.2) is 54.7 Å². The van der Waals surface area contributed by atoms with Gasteiger partial charge in [0.2, 0.25) is 0 Å². The lowest BCUT2D eigenvalue weighted by molar-refractivity contribution is 0.190. The van der Waals surface area contributed by atoms with Gasteiger partial charge in [0.1, 0.15) is 0 Å². The topological polar surface area (TPSA) is 8.17 Å². The van der Waals surface area contributed by atoms with Gasteiger partial charge in [0.15, 0.2) is 0 Å². The van der Waals surface area contributed by atoms with Gasteiger partial charge in [-0.25, -0.2) is 0 Å². The van der Waals surface area contributed by atoms with E-state index in [4.69, 9.17) is 0 Å². The number of benzene rings is 2. The fraction of sp³-hybridized carbons (Fsp3) is 0.364. The van der Waals surface area contributed by atoms with Crippen LogP contribution in [0.1, 0.15) is 30.0 Å². The Bertz CT molecular complexity index is 859. The molecule has 0 aliphatic carbocycles. The van der Waals surface area contributed by atoms with E-state index in [2.05, 4.69) is 93.7 Å². The summed E-state index contributed by atoms with van der Waals surface area (Å²) in [5.74, 6) is 0. The third-order valence-electron chi connectivity index (χ3n) is 5.43. The molecule has 2 aromatic carbocycles. The highest BCUT2D eigenvalue weighted by Gasteiger charge is 2.21. The molecule has 0 unspecified atom stereocenters. The number of rotatable bonds is 4. The fourth-order valence-corrected chi connectivity index (χ4v) is 4.54. The number of aryl methyl sites for hydroxylation is 1. The molecule has 1 saturated heterocycles. The van der Waals surface area contributed by atoms with Gasteiger partial charge in [-0.15, -0.1) is 0 Å². The van der Waals surface area contributed by atoms with Crippen LogP contribution in [-0.4, -0.2) is 29.1 Å². The lowest BCUT2D eigenvalue weighted by Crippen LogP contribution is -2.35. The SMILES string of the molecule is Cc1cccc(CCN2CCC(n3ccc4cc(I)ccc43)CC2)c1. The highest BCUT2D eigenvalue weighted by atomic mass is 127. The molecule has 130 valence electrons. The van der Waals surface area contributed by atoms with Gasteiger partial charge in [-0.2, -0.15) is 0 Å². The van der Waals surface area contributed by atoms with Crippen molar-refractivity contribution in [1.29, 1.82) is 0 Å². The minimum absolute atomic E-state index is 0.646. The second kappa shape index (κ2) is 7.50. The molecule has 3 aromatic rings. The lowest BCUT2D eigenvalue weighted by atomic mass is 10.0. The van der Waals surface area contributed by atoms with Crippen molar-refractivity contribution in [3.63, 3.8) is 0 Å². The van der Waals surface area contributed by atoms with Crippen LogP contribution < -0.4 is 0 Å². The van der Waals surface area contributed by atoms with Crippen molar-refractivity contribution in [3.05, 3.63) is 69.4 Å². The van der Waals surface area contributed by atoms with Crippen molar-refractivity contribution < 1.29 is 0 Å². The van der Waals surface area contributed by atoms with E-state index in [1.807, 2.05) is 0 Å². The first kappa shape index (κ1) is 17.1. The zero-order valence-electron chi connectivity index (χ0n) is 14.8. The zero-order valence-corrected chi connectivity index (χ0v) is 16.9. The summed E-state index contributed by atoms with van der Waals surface area (Å²) < 4.78 is 3.82. The van der Waals surface area contributed by atoms with E-state index in [0.29, 0.717) is 6.04 Å². The normalized spacial score (nSPS) is 16.6. The average molecular weight is 444 g/mol. The molecule has 0 radical (unpaired) electrons. The number of halogens is 1. The number of piperidine rings is 1. The molecule has 2 nitrogen and oxygen atoms in total. The van der Waals surface area contributed by atoms with Crippen LogP contribution in [0, 0.1) is 10.5 Å². The maximum atomic E-state index is 2.63. The van der Waals surface area contributed by atoms with Gasteiger partial charge < -0.3 is 9.47 Å². The summed E-state index contributed by atoms with van der Waals surface area (Å²) in [7, 11) is 0. The summed E-state index contributed by atoms with van der Waals surface area (Å²) in [6.45, 7) is 5.78. The molecule has 0 spiro atoms. The second-order valence-corrected chi connectivity index (χ2v) is 8.48. The molecule has 1 fully saturated rings. The highest BCUT2D eigenvalue weighted by molar-refractivity contribution is 14.1. The molecule has 0 bridgehead atoms. The first-order valence-electron chi connectivity index (χ1n) is 9.23. The monoisotopic (exact) mass is 444 g/mol. The largest absolute Gasteiger partial charge is 0.344 e. The molecule has 0 N–H and O–H groups in total. The Morgan fingerprint density at radius 1 is 1.04 bits per heavy atom. The molecule has 4 rings (SSSR count). The predicted molar refractivity (Wildman–Crippen MR) is 114 cm³/mol. The molecule has 1 aliphatic heterocycles. The smallest absolute Gasteiger partial charge is 0.0483 e. The van der Waals surface area contributed by atoms with Gasteiger partial charge in [-0.1, -0.05) is 29.8 Å². The molecule has 0 atom stereocenters. The number of likely N-dealkylation sites (tertiary alicyclic amines) is 1. The standard InChI is InChI=1S/C22H25IN2/c1-17-3-2-4-18(15-17)7-11-24-12-9-21(10-13-24)25-14-8-19-16-20(23)5-6-22(19)25/h2-6,8,14-16,21H,7,9-13H2,1H3. The van der Waals surface area contributed by atoms with Crippen LogP contribution in [0.3, 0.4) is 0 Å². The van der Waals surface area contributed by atoms with E-state index in [1.54, 1.807) is 0 Å². The van der Waals surface area contributed by atoms with Crippen LogP contribution >= 0.6 is 22.6 Å². The molecule has 1 aromatic heterocycles. The second-order valence-electron chi connectivity index (χ2n) is 7.24. The summed E-state index contributed by atoms with van der Waals surface area (Å²) in [4.78, 5) is 2.63. The molecular formula is C22H25IN2. The van der Waals surface area contributed by atoms with Crippen LogP contribution in [-0.2, 0) is 6.42 Å². The van der Waals surface area contributed by atoms with E-state index >= 15 is 0 Å². The Labute approximate surface area is 164 Å². The van der Waals surface area contributed by atoms with Crippen molar-refractivity contribution in [3.8, 4) is 0 Å². The maximum Gasteiger partial charge on any atom is 0.0483 e. The van der Waals surface area contributed by atoms with Crippen molar-refractivity contribution in [2.45, 2.75) is 32.2 Å². The molecule has 1 aliphatic rings. The first-order valence-corrected chi connectivity index (χ1v) is 10.3. The fourth-order valence-electron chi connectivity index (χ4n) is 4.03. The summed E-state index contributed by atoms with van der Waals surface area (Å²) >= 11 is 2.39. The van der Waals surface area contributed by atoms with E-state index < -0.39 is 0 Å². The summed E-state index contributed by atoms with van der Waals surface area (Å²) in [6, 6.07) is 18.6. The van der Waals surface area contributed by atoms with E-state index in [9.17, 15) is 0 Å². The minimum atomic E-state index is 0.646. The Kier molecular flexibility index (Phi) is 5.13. The number of hydrogen-bond acceptors (Lipinski definition) is 1. The number of aromatic nitrogens is 1. The molecule has 0 amide bonds. The molecular weight excluding hydrogens is 419 g/mol. The Hall–Kier alpha value is -1.33. The van der Waals surface area contributed by atoms with Gasteiger partial charge >= 0.3 is 0 Å². The third-order valence-corrected chi connectivity index (χ3v) is 6.10. The third kappa shape index (κ3) is 3.93. The van der Waals surface area contributed by atoms with Crippen LogP contribution in [0.2, 0.25) is 0 Å². The van der Waals surface area contributed by atoms with Gasteiger partial charge in [0.05, 0.1) is 0 Å². The first-order chi connectivity index (χ1) is 12.2. The minimum Gasteiger partial charge on any atom is -0.344 e. The van der Waals surface area contributed by atoms with Crippen molar-refractivity contribution in [2.75, 3.05) is 19.6 Å². The Morgan fingerprint density at radius 2 is 1.88 bits per heavy atom. The predicted octanol–water partition coefficient (Wildman–Crippen LogP) is 5.43. The van der Waals surface area contributed by atoms with Crippen molar-refractivity contribution in [2.24, 2.45) is 0 Å². The van der Waals surface area contributed by atoms with Gasteiger partial charge in [0, 0.05) is 46.3 Å². The van der Waals surface area contributed by atoms with E-state index in [1.165, 1.54) is 58.1 Å². The van der Waals surface area contributed by atoms with Crippen LogP contribution in [0.4, 0.5) is 0 Å². The highest BCUT2D eigenvalue weighted by Crippen LogP contribution is 2.28. The number of nitrogens with zero attached hydrogens (tertiary/aromatic N) is 2. The average Bonchev–Trinajstić information content (AvgIpc) is 3.03. The summed E-state index contributed by atoms with van der Waals surface area (Å²) in [5.41, 5.74) is 4.22. The van der Waals surface area contributed by atoms with E-state index in [-0.39, 0.29) is 0 Å². The molecule has 3 heteroatoms. The molecule has 25 heavy (non-hydrogen) atoms. The quantitative estimate of drug-likeness (QED) is 0.487. The van der Waals surface area contributed by atoms with Crippen molar-refractivity contribution in [1.82, 2.24) is 9.47 Å². The zero-order chi connectivity index (χ0) is 17.2. The number of hydrogen-bond donors (Lipinski definition) is 0. The molecule has 0 saturated carbocycles. The summed E-state index contributed by atoms with van der Waals surface area (Å²) in [5, 5.41) is 1.37.